The van der Waals surface area contributed by atoms with Crippen LogP contribution in [0.4, 0.5) is 18.0 Å². The Balaban J connectivity index is 1.83. The van der Waals surface area contributed by atoms with Crippen LogP contribution in [0.2, 0.25) is 10.0 Å². The van der Waals surface area contributed by atoms with E-state index in [1.807, 2.05) is 0 Å². The third-order valence-corrected chi connectivity index (χ3v) is 5.42. The van der Waals surface area contributed by atoms with Crippen molar-refractivity contribution in [2.45, 2.75) is 11.8 Å². The molecule has 4 nitrogen and oxygen atoms in total. The molecule has 3 atom stereocenters. The summed E-state index contributed by atoms with van der Waals surface area (Å²) in [6.07, 6.45) is -6.45. The molecule has 2 fully saturated rings. The highest BCUT2D eigenvalue weighted by atomic mass is 35.5. The average Bonchev–Trinajstić information content (AvgIpc) is 2.87. The summed E-state index contributed by atoms with van der Waals surface area (Å²) in [7, 11) is 0. The average molecular weight is 370 g/mol. The van der Waals surface area contributed by atoms with E-state index in [1.54, 1.807) is 18.2 Å². The first-order valence-electron chi connectivity index (χ1n) is 6.80. The lowest BCUT2D eigenvalue weighted by atomic mass is 9.93. The molecule has 3 rings (SSSR count). The second-order valence-electron chi connectivity index (χ2n) is 5.76. The molecule has 0 radical (unpaired) electrons. The smallest absolute Gasteiger partial charge is 0.396 e. The second kappa shape index (κ2) is 5.43. The van der Waals surface area contributed by atoms with Crippen LogP contribution in [0.5, 0.6) is 0 Å². The van der Waals surface area contributed by atoms with Gasteiger partial charge in [0.2, 0.25) is 0 Å². The van der Waals surface area contributed by atoms with Crippen molar-refractivity contribution >= 4 is 29.3 Å². The van der Waals surface area contributed by atoms with Crippen molar-refractivity contribution in [3.8, 4) is 0 Å². The zero-order chi connectivity index (χ0) is 17.0. The van der Waals surface area contributed by atoms with E-state index in [2.05, 4.69) is 4.74 Å². The molecule has 1 aliphatic carbocycles. The first kappa shape index (κ1) is 16.7. The number of aliphatic hydroxyl groups excluding tert-OH is 1. The summed E-state index contributed by atoms with van der Waals surface area (Å²) in [6, 6.07) is 4.94. The van der Waals surface area contributed by atoms with E-state index in [0.717, 1.165) is 10.5 Å². The largest absolute Gasteiger partial charge is 0.576 e. The van der Waals surface area contributed by atoms with E-state index in [9.17, 15) is 23.1 Å². The Kier molecular flexibility index (Phi) is 3.93. The van der Waals surface area contributed by atoms with E-state index < -0.39 is 17.9 Å². The molecule has 0 aromatic heterocycles. The van der Waals surface area contributed by atoms with Crippen LogP contribution in [0.1, 0.15) is 5.56 Å². The fourth-order valence-electron chi connectivity index (χ4n) is 3.64. The van der Waals surface area contributed by atoms with Crippen LogP contribution in [-0.2, 0) is 10.2 Å². The lowest BCUT2D eigenvalue weighted by molar-refractivity contribution is -0.294. The minimum absolute atomic E-state index is 0.0375. The number of halogens is 5. The molecule has 0 bridgehead atoms. The second-order valence-corrected chi connectivity index (χ2v) is 6.57. The standard InChI is InChI=1S/C14H12Cl2F3NO3/c15-10-2-1-7(3-11(10)16)13-6-20(4-8(13)9(13)5-21)12(22)23-14(17,18)19/h1-3,8-9,21H,4-6H2. The highest BCUT2D eigenvalue weighted by molar-refractivity contribution is 6.42. The van der Waals surface area contributed by atoms with E-state index in [1.165, 1.54) is 0 Å². The molecule has 1 amide bonds. The zero-order valence-electron chi connectivity index (χ0n) is 11.6. The molecular weight excluding hydrogens is 358 g/mol. The Bertz CT molecular complexity index is 655. The fourth-order valence-corrected chi connectivity index (χ4v) is 3.94. The molecule has 1 aliphatic heterocycles. The van der Waals surface area contributed by atoms with Crippen LogP contribution in [0.3, 0.4) is 0 Å². The Morgan fingerprint density at radius 3 is 2.65 bits per heavy atom. The van der Waals surface area contributed by atoms with E-state index in [-0.39, 0.29) is 31.5 Å². The lowest BCUT2D eigenvalue weighted by Gasteiger charge is -2.23. The number of likely N-dealkylation sites (tertiary alicyclic amines) is 1. The minimum Gasteiger partial charge on any atom is -0.396 e. The van der Waals surface area contributed by atoms with Crippen molar-refractivity contribution in [3.63, 3.8) is 0 Å². The molecule has 23 heavy (non-hydrogen) atoms. The number of carbonyl (C=O) groups is 1. The molecule has 1 saturated heterocycles. The van der Waals surface area contributed by atoms with Gasteiger partial charge in [-0.1, -0.05) is 29.3 Å². The van der Waals surface area contributed by atoms with Crippen molar-refractivity contribution in [2.24, 2.45) is 11.8 Å². The van der Waals surface area contributed by atoms with E-state index in [4.69, 9.17) is 23.2 Å². The van der Waals surface area contributed by atoms with Crippen LogP contribution in [-0.4, -0.2) is 42.2 Å². The molecule has 2 aliphatic rings. The maximum absolute atomic E-state index is 12.2. The normalized spacial score (nSPS) is 29.4. The predicted molar refractivity (Wildman–Crippen MR) is 76.3 cm³/mol. The van der Waals surface area contributed by atoms with Gasteiger partial charge in [0.15, 0.2) is 0 Å². The number of nitrogens with zero attached hydrogens (tertiary/aromatic N) is 1. The van der Waals surface area contributed by atoms with Gasteiger partial charge >= 0.3 is 12.5 Å². The third-order valence-electron chi connectivity index (χ3n) is 4.68. The molecule has 1 aromatic rings. The van der Waals surface area contributed by atoms with Crippen LogP contribution < -0.4 is 0 Å². The number of amides is 1. The van der Waals surface area contributed by atoms with Gasteiger partial charge in [-0.05, 0) is 29.5 Å². The molecule has 1 heterocycles. The number of hydrogen-bond acceptors (Lipinski definition) is 3. The van der Waals surface area contributed by atoms with Crippen molar-refractivity contribution < 1.29 is 27.8 Å². The Morgan fingerprint density at radius 2 is 2.09 bits per heavy atom. The monoisotopic (exact) mass is 369 g/mol. The van der Waals surface area contributed by atoms with Crippen molar-refractivity contribution in [1.29, 1.82) is 0 Å². The Labute approximate surface area is 139 Å². The summed E-state index contributed by atoms with van der Waals surface area (Å²) in [5, 5.41) is 10.2. The molecular formula is C14H12Cl2F3NO3. The maximum atomic E-state index is 12.2. The Morgan fingerprint density at radius 1 is 1.39 bits per heavy atom. The van der Waals surface area contributed by atoms with Gasteiger partial charge in [-0.2, -0.15) is 0 Å². The van der Waals surface area contributed by atoms with Gasteiger partial charge in [0.1, 0.15) is 0 Å². The van der Waals surface area contributed by atoms with Crippen molar-refractivity contribution in [1.82, 2.24) is 4.90 Å². The number of alkyl halides is 3. The van der Waals surface area contributed by atoms with E-state index in [0.29, 0.717) is 10.0 Å². The van der Waals surface area contributed by atoms with Gasteiger partial charge in [0.25, 0.3) is 0 Å². The first-order valence-corrected chi connectivity index (χ1v) is 7.55. The number of piperidine rings is 1. The summed E-state index contributed by atoms with van der Waals surface area (Å²) in [5.41, 5.74) is 0.145. The van der Waals surface area contributed by atoms with Crippen LogP contribution >= 0.6 is 23.2 Å². The Hall–Kier alpha value is -1.18. The third kappa shape index (κ3) is 2.75. The number of ether oxygens (including phenoxy) is 1. The predicted octanol–water partition coefficient (Wildman–Crippen LogP) is 3.44. The molecule has 3 unspecified atom stereocenters. The summed E-state index contributed by atoms with van der Waals surface area (Å²) in [6.45, 7) is 0.0171. The number of carbonyl (C=O) groups excluding carboxylic acids is 1. The van der Waals surface area contributed by atoms with Crippen molar-refractivity contribution in [3.05, 3.63) is 33.8 Å². The number of rotatable bonds is 2. The topological polar surface area (TPSA) is 49.8 Å². The summed E-state index contributed by atoms with van der Waals surface area (Å²) in [5.74, 6) is -0.264. The quantitative estimate of drug-likeness (QED) is 0.868. The van der Waals surface area contributed by atoms with Crippen LogP contribution in [0.15, 0.2) is 18.2 Å². The van der Waals surface area contributed by atoms with Gasteiger partial charge in [-0.25, -0.2) is 4.79 Å². The SMILES string of the molecule is O=C(OC(F)(F)F)N1CC2C(CO)C2(c2ccc(Cl)c(Cl)c2)C1. The first-order chi connectivity index (χ1) is 10.7. The van der Waals surface area contributed by atoms with Gasteiger partial charge in [-0.15, -0.1) is 13.2 Å². The number of hydrogen-bond donors (Lipinski definition) is 1. The van der Waals surface area contributed by atoms with Gasteiger partial charge in [0.05, 0.1) is 10.0 Å². The molecule has 1 saturated carbocycles. The van der Waals surface area contributed by atoms with Crippen LogP contribution in [0, 0.1) is 11.8 Å². The zero-order valence-corrected chi connectivity index (χ0v) is 13.1. The maximum Gasteiger partial charge on any atom is 0.576 e. The number of benzene rings is 1. The van der Waals surface area contributed by atoms with Gasteiger partial charge in [0, 0.05) is 25.1 Å². The molecule has 0 spiro atoms. The van der Waals surface area contributed by atoms with Crippen molar-refractivity contribution in [2.75, 3.05) is 19.7 Å². The highest BCUT2D eigenvalue weighted by Crippen LogP contribution is 2.64. The molecule has 126 valence electrons. The van der Waals surface area contributed by atoms with Crippen LogP contribution in [0.25, 0.3) is 0 Å². The van der Waals surface area contributed by atoms with Gasteiger partial charge < -0.3 is 14.7 Å². The summed E-state index contributed by atoms with van der Waals surface area (Å²) in [4.78, 5) is 12.6. The highest BCUT2D eigenvalue weighted by Gasteiger charge is 2.70. The number of fused-ring (bicyclic) bond motifs is 1. The lowest BCUT2D eigenvalue weighted by Crippen LogP contribution is -2.38. The fraction of sp³-hybridized carbons (Fsp3) is 0.500. The molecule has 1 N–H and O–H groups in total. The summed E-state index contributed by atoms with van der Waals surface area (Å²) < 4.78 is 40.0. The van der Waals surface area contributed by atoms with E-state index >= 15 is 0 Å². The summed E-state index contributed by atoms with van der Waals surface area (Å²) >= 11 is 11.9. The number of aliphatic hydroxyl groups is 1. The molecule has 9 heteroatoms. The molecule has 1 aromatic carbocycles. The van der Waals surface area contributed by atoms with Gasteiger partial charge in [-0.3, -0.25) is 0 Å². The minimum atomic E-state index is -5.02.